The Hall–Kier alpha value is -1.88. The van der Waals surface area contributed by atoms with Gasteiger partial charge in [-0.3, -0.25) is 0 Å². The molecule has 3 N–H and O–H groups in total. The molecule has 0 unspecified atom stereocenters. The van der Waals surface area contributed by atoms with Crippen molar-refractivity contribution in [2.24, 2.45) is 0 Å². The number of anilines is 3. The molecule has 0 aliphatic carbocycles. The number of halogens is 2. The van der Waals surface area contributed by atoms with Crippen molar-refractivity contribution in [3.05, 3.63) is 41.3 Å². The largest absolute Gasteiger partial charge is 0.384 e. The van der Waals surface area contributed by atoms with Crippen LogP contribution in [0.25, 0.3) is 0 Å². The number of nitrogens with two attached hydrogens (primary N) is 1. The third kappa shape index (κ3) is 2.38. The molecule has 16 heavy (non-hydrogen) atoms. The van der Waals surface area contributed by atoms with Crippen molar-refractivity contribution in [1.29, 1.82) is 0 Å². The van der Waals surface area contributed by atoms with Gasteiger partial charge in [-0.2, -0.15) is 4.98 Å². The quantitative estimate of drug-likeness (QED) is 0.844. The van der Waals surface area contributed by atoms with Crippen molar-refractivity contribution in [2.45, 2.75) is 0 Å². The number of rotatable bonds is 2. The number of aromatic nitrogens is 2. The third-order valence-electron chi connectivity index (χ3n) is 1.85. The molecule has 0 saturated carbocycles. The van der Waals surface area contributed by atoms with Gasteiger partial charge in [-0.15, -0.1) is 0 Å². The fourth-order valence-electron chi connectivity index (χ4n) is 1.15. The number of benzene rings is 1. The van der Waals surface area contributed by atoms with Crippen LogP contribution in [0, 0.1) is 5.82 Å². The Balaban J connectivity index is 2.30. The topological polar surface area (TPSA) is 63.8 Å². The minimum atomic E-state index is -0.393. The fraction of sp³-hybridized carbons (Fsp3) is 0. The van der Waals surface area contributed by atoms with Gasteiger partial charge >= 0.3 is 0 Å². The summed E-state index contributed by atoms with van der Waals surface area (Å²) in [6, 6.07) is 5.53. The average Bonchev–Trinajstić information content (AvgIpc) is 2.24. The minimum Gasteiger partial charge on any atom is -0.384 e. The van der Waals surface area contributed by atoms with Crippen LogP contribution in [0.15, 0.2) is 30.5 Å². The summed E-state index contributed by atoms with van der Waals surface area (Å²) in [7, 11) is 0. The molecule has 0 aliphatic heterocycles. The zero-order valence-electron chi connectivity index (χ0n) is 8.11. The van der Waals surface area contributed by atoms with E-state index in [4.69, 9.17) is 17.3 Å². The van der Waals surface area contributed by atoms with Gasteiger partial charge in [-0.1, -0.05) is 11.6 Å². The highest BCUT2D eigenvalue weighted by Gasteiger charge is 2.04. The van der Waals surface area contributed by atoms with Crippen molar-refractivity contribution in [3.63, 3.8) is 0 Å². The van der Waals surface area contributed by atoms with Crippen LogP contribution in [0.3, 0.4) is 0 Å². The number of nitrogen functional groups attached to an aromatic ring is 1. The Morgan fingerprint density at radius 1 is 1.31 bits per heavy atom. The van der Waals surface area contributed by atoms with Gasteiger partial charge < -0.3 is 11.1 Å². The predicted molar refractivity (Wildman–Crippen MR) is 61.1 cm³/mol. The van der Waals surface area contributed by atoms with Crippen molar-refractivity contribution < 1.29 is 4.39 Å². The summed E-state index contributed by atoms with van der Waals surface area (Å²) in [5.74, 6) is 0.202. The maximum absolute atomic E-state index is 13.0. The van der Waals surface area contributed by atoms with E-state index in [0.717, 1.165) is 0 Å². The highest BCUT2D eigenvalue weighted by atomic mass is 35.5. The Bertz CT molecular complexity index is 518. The molecule has 0 aliphatic rings. The lowest BCUT2D eigenvalue weighted by Crippen LogP contribution is -2.00. The fourth-order valence-corrected chi connectivity index (χ4v) is 1.31. The zero-order chi connectivity index (χ0) is 11.5. The van der Waals surface area contributed by atoms with Gasteiger partial charge in [-0.25, -0.2) is 9.37 Å². The monoisotopic (exact) mass is 238 g/mol. The van der Waals surface area contributed by atoms with Crippen molar-refractivity contribution in [2.75, 3.05) is 11.1 Å². The highest BCUT2D eigenvalue weighted by Crippen LogP contribution is 2.24. The normalized spacial score (nSPS) is 10.1. The Morgan fingerprint density at radius 2 is 2.12 bits per heavy atom. The lowest BCUT2D eigenvalue weighted by atomic mass is 10.3. The molecule has 2 aromatic rings. The first-order valence-corrected chi connectivity index (χ1v) is 4.83. The molecule has 0 atom stereocenters. The van der Waals surface area contributed by atoms with E-state index in [1.54, 1.807) is 6.07 Å². The van der Waals surface area contributed by atoms with E-state index in [1.165, 1.54) is 24.4 Å². The highest BCUT2D eigenvalue weighted by molar-refractivity contribution is 6.33. The molecule has 0 amide bonds. The van der Waals surface area contributed by atoms with Crippen LogP contribution in [0.5, 0.6) is 0 Å². The summed E-state index contributed by atoms with van der Waals surface area (Å²) in [4.78, 5) is 7.84. The van der Waals surface area contributed by atoms with E-state index in [2.05, 4.69) is 15.3 Å². The van der Waals surface area contributed by atoms with Crippen molar-refractivity contribution >= 4 is 29.1 Å². The molecule has 1 aromatic heterocycles. The van der Waals surface area contributed by atoms with Crippen molar-refractivity contribution in [1.82, 2.24) is 9.97 Å². The molecular weight excluding hydrogens is 231 g/mol. The van der Waals surface area contributed by atoms with Gasteiger partial charge in [0.15, 0.2) is 0 Å². The maximum atomic E-state index is 13.0. The van der Waals surface area contributed by atoms with Crippen LogP contribution in [0.2, 0.25) is 5.02 Å². The van der Waals surface area contributed by atoms with E-state index in [1.807, 2.05) is 0 Å². The molecular formula is C10H8ClFN4. The molecule has 4 nitrogen and oxygen atoms in total. The van der Waals surface area contributed by atoms with Crippen molar-refractivity contribution in [3.8, 4) is 0 Å². The number of nitrogens with zero attached hydrogens (tertiary/aromatic N) is 2. The van der Waals surface area contributed by atoms with E-state index in [9.17, 15) is 4.39 Å². The number of nitrogens with one attached hydrogen (secondary N) is 1. The average molecular weight is 239 g/mol. The Morgan fingerprint density at radius 3 is 2.88 bits per heavy atom. The van der Waals surface area contributed by atoms with Crippen LogP contribution in [-0.4, -0.2) is 9.97 Å². The van der Waals surface area contributed by atoms with E-state index in [-0.39, 0.29) is 5.95 Å². The Kier molecular flexibility index (Phi) is 2.87. The Labute approximate surface area is 96.3 Å². The lowest BCUT2D eigenvalue weighted by Gasteiger charge is -2.06. The second-order valence-electron chi connectivity index (χ2n) is 3.05. The molecule has 1 heterocycles. The molecule has 0 spiro atoms. The van der Waals surface area contributed by atoms with Crippen LogP contribution in [-0.2, 0) is 0 Å². The molecule has 0 fully saturated rings. The maximum Gasteiger partial charge on any atom is 0.229 e. The first kappa shape index (κ1) is 10.6. The van der Waals surface area contributed by atoms with Crippen LogP contribution >= 0.6 is 11.6 Å². The smallest absolute Gasteiger partial charge is 0.229 e. The molecule has 0 bridgehead atoms. The van der Waals surface area contributed by atoms with Crippen LogP contribution < -0.4 is 11.1 Å². The van der Waals surface area contributed by atoms with Gasteiger partial charge in [-0.05, 0) is 24.3 Å². The summed E-state index contributed by atoms with van der Waals surface area (Å²) in [6.07, 6.45) is 1.50. The van der Waals surface area contributed by atoms with E-state index < -0.39 is 5.82 Å². The van der Waals surface area contributed by atoms with E-state index >= 15 is 0 Å². The van der Waals surface area contributed by atoms with Crippen LogP contribution in [0.1, 0.15) is 0 Å². The summed E-state index contributed by atoms with van der Waals surface area (Å²) in [5.41, 5.74) is 5.88. The third-order valence-corrected chi connectivity index (χ3v) is 2.18. The minimum absolute atomic E-state index is 0.271. The van der Waals surface area contributed by atoms with Gasteiger partial charge in [0, 0.05) is 6.20 Å². The van der Waals surface area contributed by atoms with Crippen LogP contribution in [0.4, 0.5) is 21.8 Å². The lowest BCUT2D eigenvalue weighted by molar-refractivity contribution is 0.628. The molecule has 1 aromatic carbocycles. The first-order chi connectivity index (χ1) is 7.65. The molecule has 2 rings (SSSR count). The predicted octanol–water partition coefficient (Wildman–Crippen LogP) is 2.59. The van der Waals surface area contributed by atoms with Gasteiger partial charge in [0.25, 0.3) is 0 Å². The van der Waals surface area contributed by atoms with Gasteiger partial charge in [0.05, 0.1) is 10.7 Å². The first-order valence-electron chi connectivity index (χ1n) is 4.46. The molecule has 0 saturated heterocycles. The van der Waals surface area contributed by atoms with Gasteiger partial charge in [0.1, 0.15) is 11.6 Å². The second kappa shape index (κ2) is 4.32. The molecule has 0 radical (unpaired) electrons. The summed E-state index contributed by atoms with van der Waals surface area (Å²) in [5, 5.41) is 3.16. The van der Waals surface area contributed by atoms with Gasteiger partial charge in [0.2, 0.25) is 5.95 Å². The standard InChI is InChI=1S/C10H8ClFN4/c11-7-2-1-6(12)5-8(7)15-10-14-4-3-9(13)16-10/h1-5H,(H3,13,14,15,16). The summed E-state index contributed by atoms with van der Waals surface area (Å²) < 4.78 is 13.0. The van der Waals surface area contributed by atoms with E-state index in [0.29, 0.717) is 16.5 Å². The summed E-state index contributed by atoms with van der Waals surface area (Å²) >= 11 is 5.87. The SMILES string of the molecule is Nc1ccnc(Nc2cc(F)ccc2Cl)n1. The molecule has 6 heteroatoms. The summed E-state index contributed by atoms with van der Waals surface area (Å²) in [6.45, 7) is 0. The number of hydrogen-bond donors (Lipinski definition) is 2. The zero-order valence-corrected chi connectivity index (χ0v) is 8.87. The second-order valence-corrected chi connectivity index (χ2v) is 3.46. The molecule has 82 valence electrons. The number of hydrogen-bond acceptors (Lipinski definition) is 4.